The Hall–Kier alpha value is -3.29. The number of para-hydroxylation sites is 2. The van der Waals surface area contributed by atoms with E-state index >= 15 is 0 Å². The number of hydrogen-bond acceptors (Lipinski definition) is 7. The Kier molecular flexibility index (Phi) is 5.91. The first kappa shape index (κ1) is 20.4. The highest BCUT2D eigenvalue weighted by atomic mass is 35.5. The van der Waals surface area contributed by atoms with E-state index in [2.05, 4.69) is 20.3 Å². The molecule has 3 rings (SSSR count). The van der Waals surface area contributed by atoms with Crippen LogP contribution in [0.15, 0.2) is 59.7 Å². The Balaban J connectivity index is 1.77. The normalized spacial score (nSPS) is 16.0. The predicted molar refractivity (Wildman–Crippen MR) is 111 cm³/mol. The van der Waals surface area contributed by atoms with Crippen molar-refractivity contribution >= 4 is 44.8 Å². The van der Waals surface area contributed by atoms with E-state index in [0.29, 0.717) is 11.4 Å². The van der Waals surface area contributed by atoms with Gasteiger partial charge >= 0.3 is 0 Å². The lowest BCUT2D eigenvalue weighted by Crippen LogP contribution is -2.42. The molecular weight excluding hydrogens is 419 g/mol. The number of nitrogens with zero attached hydrogens (tertiary/aromatic N) is 3. The average Bonchev–Trinajstić information content (AvgIpc) is 2.66. The van der Waals surface area contributed by atoms with E-state index in [0.717, 1.165) is 12.3 Å². The smallest absolute Gasteiger partial charge is 0.229 e. The fraction of sp³-hybridized carbons (Fsp3) is 0.111. The van der Waals surface area contributed by atoms with Crippen molar-refractivity contribution in [3.05, 3.63) is 66.1 Å². The summed E-state index contributed by atoms with van der Waals surface area (Å²) in [6, 6.07) is 12.6. The summed E-state index contributed by atoms with van der Waals surface area (Å²) in [5, 5.41) is 14.7. The van der Waals surface area contributed by atoms with Gasteiger partial charge in [0.25, 0.3) is 0 Å². The van der Waals surface area contributed by atoms with Crippen LogP contribution in [0.4, 0.5) is 21.5 Å². The first-order valence-corrected chi connectivity index (χ1v) is 10.5. The number of hydrogen-bond donors (Lipinski definition) is 3. The van der Waals surface area contributed by atoms with Crippen molar-refractivity contribution < 1.29 is 12.8 Å². The molecule has 0 amide bonds. The van der Waals surface area contributed by atoms with Gasteiger partial charge in [0.05, 0.1) is 35.0 Å². The summed E-state index contributed by atoms with van der Waals surface area (Å²) >= 11 is 6.36. The third-order valence-corrected chi connectivity index (χ3v) is 4.74. The quantitative estimate of drug-likeness (QED) is 0.623. The van der Waals surface area contributed by atoms with E-state index in [-0.39, 0.29) is 17.2 Å². The van der Waals surface area contributed by atoms with Gasteiger partial charge in [0.15, 0.2) is 0 Å². The van der Waals surface area contributed by atoms with Crippen molar-refractivity contribution in [2.75, 3.05) is 21.6 Å². The minimum Gasteiger partial charge on any atom is -0.359 e. The zero-order valence-corrected chi connectivity index (χ0v) is 16.7. The second-order valence-electron chi connectivity index (χ2n) is 6.05. The molecule has 1 aliphatic heterocycles. The van der Waals surface area contributed by atoms with Crippen molar-refractivity contribution in [2.24, 2.45) is 4.99 Å². The van der Waals surface area contributed by atoms with Crippen LogP contribution < -0.4 is 15.4 Å². The van der Waals surface area contributed by atoms with Crippen LogP contribution in [0.5, 0.6) is 0 Å². The van der Waals surface area contributed by atoms with E-state index < -0.39 is 22.0 Å². The molecule has 150 valence electrons. The Morgan fingerprint density at radius 1 is 1.21 bits per heavy atom. The summed E-state index contributed by atoms with van der Waals surface area (Å²) in [4.78, 5) is 4.10. The highest BCUT2D eigenvalue weighted by Gasteiger charge is 2.23. The standard InChI is InChI=1S/C18H16ClFN6O2S/c1-29(27,28)25-16-5-3-2-4-15(16)23-17-8-9-22-18(26(17)19)24-14-7-6-12(11-21)10-13(14)20/h2-10,17,23,25H,1H3,(H,22,24). The molecule has 2 aromatic rings. The van der Waals surface area contributed by atoms with E-state index in [1.807, 2.05) is 6.07 Å². The molecule has 0 spiro atoms. The maximum atomic E-state index is 14.1. The minimum atomic E-state index is -3.47. The van der Waals surface area contributed by atoms with Gasteiger partial charge in [-0.05, 0) is 36.4 Å². The largest absolute Gasteiger partial charge is 0.359 e. The molecule has 29 heavy (non-hydrogen) atoms. The maximum absolute atomic E-state index is 14.1. The SMILES string of the molecule is CS(=O)(=O)Nc1ccccc1NC1C=CN=C(Nc2ccc(C#N)cc2F)N1Cl. The molecule has 1 heterocycles. The van der Waals surface area contributed by atoms with Crippen LogP contribution in [-0.4, -0.2) is 31.2 Å². The lowest BCUT2D eigenvalue weighted by Gasteiger charge is -2.30. The van der Waals surface area contributed by atoms with E-state index in [9.17, 15) is 12.8 Å². The number of halogens is 2. The van der Waals surface area contributed by atoms with Gasteiger partial charge < -0.3 is 10.6 Å². The molecule has 0 saturated heterocycles. The molecule has 11 heteroatoms. The number of guanidine groups is 1. The molecule has 1 atom stereocenters. The molecule has 0 aromatic heterocycles. The van der Waals surface area contributed by atoms with Crippen LogP contribution >= 0.6 is 11.8 Å². The van der Waals surface area contributed by atoms with Gasteiger partial charge in [-0.3, -0.25) is 4.72 Å². The lowest BCUT2D eigenvalue weighted by atomic mass is 10.2. The van der Waals surface area contributed by atoms with Gasteiger partial charge in [0.1, 0.15) is 12.0 Å². The first-order valence-electron chi connectivity index (χ1n) is 8.26. The molecule has 1 unspecified atom stereocenters. The first-order chi connectivity index (χ1) is 13.8. The lowest BCUT2D eigenvalue weighted by molar-refractivity contribution is 0.582. The predicted octanol–water partition coefficient (Wildman–Crippen LogP) is 3.26. The number of sulfonamides is 1. The van der Waals surface area contributed by atoms with Crippen molar-refractivity contribution in [3.63, 3.8) is 0 Å². The number of rotatable bonds is 5. The summed E-state index contributed by atoms with van der Waals surface area (Å²) in [6.45, 7) is 0. The fourth-order valence-electron chi connectivity index (χ4n) is 2.51. The summed E-state index contributed by atoms with van der Waals surface area (Å²) < 4.78 is 40.9. The molecule has 0 bridgehead atoms. The van der Waals surface area contributed by atoms with E-state index in [4.69, 9.17) is 17.0 Å². The molecule has 0 saturated carbocycles. The summed E-state index contributed by atoms with van der Waals surface area (Å²) in [6.07, 6.45) is 3.57. The van der Waals surface area contributed by atoms with Crippen molar-refractivity contribution in [2.45, 2.75) is 6.17 Å². The summed E-state index contributed by atoms with van der Waals surface area (Å²) in [5.41, 5.74) is 1.13. The van der Waals surface area contributed by atoms with Gasteiger partial charge in [0.2, 0.25) is 16.0 Å². The van der Waals surface area contributed by atoms with Gasteiger partial charge in [-0.2, -0.15) is 5.26 Å². The zero-order chi connectivity index (χ0) is 21.0. The topological polar surface area (TPSA) is 110 Å². The van der Waals surface area contributed by atoms with Crippen LogP contribution in [0.25, 0.3) is 0 Å². The number of nitrogens with one attached hydrogen (secondary N) is 3. The molecule has 0 aliphatic carbocycles. The molecule has 0 fully saturated rings. The van der Waals surface area contributed by atoms with Crippen LogP contribution in [0.3, 0.4) is 0 Å². The van der Waals surface area contributed by atoms with Gasteiger partial charge in [-0.15, -0.1) is 0 Å². The Bertz CT molecular complexity index is 1130. The third kappa shape index (κ3) is 5.16. The zero-order valence-electron chi connectivity index (χ0n) is 15.1. The summed E-state index contributed by atoms with van der Waals surface area (Å²) in [5.74, 6) is -0.484. The number of nitriles is 1. The molecule has 1 aliphatic rings. The second-order valence-corrected chi connectivity index (χ2v) is 8.16. The Morgan fingerprint density at radius 3 is 2.59 bits per heavy atom. The third-order valence-electron chi connectivity index (χ3n) is 3.78. The van der Waals surface area contributed by atoms with E-state index in [1.54, 1.807) is 30.3 Å². The van der Waals surface area contributed by atoms with Crippen LogP contribution in [0.1, 0.15) is 5.56 Å². The van der Waals surface area contributed by atoms with Gasteiger partial charge in [-0.25, -0.2) is 22.2 Å². The highest BCUT2D eigenvalue weighted by Crippen LogP contribution is 2.26. The van der Waals surface area contributed by atoms with Gasteiger partial charge in [-0.1, -0.05) is 12.1 Å². The van der Waals surface area contributed by atoms with Gasteiger partial charge in [0, 0.05) is 18.0 Å². The van der Waals surface area contributed by atoms with Crippen molar-refractivity contribution in [3.8, 4) is 6.07 Å². The van der Waals surface area contributed by atoms with Crippen LogP contribution in [-0.2, 0) is 10.0 Å². The maximum Gasteiger partial charge on any atom is 0.229 e. The number of anilines is 3. The molecule has 3 N–H and O–H groups in total. The Labute approximate surface area is 172 Å². The van der Waals surface area contributed by atoms with Crippen LogP contribution in [0.2, 0.25) is 0 Å². The second kappa shape index (κ2) is 8.38. The number of benzene rings is 2. The van der Waals surface area contributed by atoms with Crippen molar-refractivity contribution in [1.82, 2.24) is 4.42 Å². The van der Waals surface area contributed by atoms with Crippen molar-refractivity contribution in [1.29, 1.82) is 5.26 Å². The molecular formula is C18H16ClFN6O2S. The number of aliphatic imine (C=N–C) groups is 1. The van der Waals surface area contributed by atoms with E-state index in [1.165, 1.54) is 22.8 Å². The fourth-order valence-corrected chi connectivity index (χ4v) is 3.29. The van der Waals surface area contributed by atoms with Crippen LogP contribution in [0, 0.1) is 17.1 Å². The minimum absolute atomic E-state index is 0.0987. The highest BCUT2D eigenvalue weighted by molar-refractivity contribution is 7.92. The molecule has 0 radical (unpaired) electrons. The Morgan fingerprint density at radius 2 is 1.93 bits per heavy atom. The molecule has 2 aromatic carbocycles. The monoisotopic (exact) mass is 434 g/mol. The summed E-state index contributed by atoms with van der Waals surface area (Å²) in [7, 11) is -3.47. The molecule has 8 nitrogen and oxygen atoms in total. The average molecular weight is 435 g/mol.